The molecule has 1 N–H and O–H groups in total. The molecule has 0 aliphatic heterocycles. The number of rotatable bonds is 3. The molecule has 100 valence electrons. The van der Waals surface area contributed by atoms with Gasteiger partial charge in [0.1, 0.15) is 5.82 Å². The molecule has 0 radical (unpaired) electrons. The smallest absolute Gasteiger partial charge is 0.162 e. The van der Waals surface area contributed by atoms with E-state index in [0.717, 1.165) is 6.07 Å². The van der Waals surface area contributed by atoms with E-state index in [2.05, 4.69) is 0 Å². The van der Waals surface area contributed by atoms with E-state index in [0.29, 0.717) is 0 Å². The van der Waals surface area contributed by atoms with Crippen LogP contribution in [-0.2, 0) is 6.42 Å². The summed E-state index contributed by atoms with van der Waals surface area (Å²) in [5.74, 6) is -2.80. The number of aliphatic hydroxyl groups excluding tert-OH is 1. The summed E-state index contributed by atoms with van der Waals surface area (Å²) in [6.07, 6.45) is -1.53. The number of hydrogen-bond acceptors (Lipinski definition) is 1. The Kier molecular flexibility index (Phi) is 4.12. The Labute approximate surface area is 113 Å². The molecule has 1 unspecified atom stereocenters. The molecule has 0 saturated carbocycles. The van der Waals surface area contributed by atoms with Gasteiger partial charge in [-0.15, -0.1) is 0 Å². The summed E-state index contributed by atoms with van der Waals surface area (Å²) in [6, 6.07) is 7.81. The summed E-state index contributed by atoms with van der Waals surface area (Å²) < 4.78 is 40.2. The van der Waals surface area contributed by atoms with E-state index >= 15 is 0 Å². The Balaban J connectivity index is 2.28. The highest BCUT2D eigenvalue weighted by atomic mass is 35.5. The Morgan fingerprint density at radius 2 is 1.68 bits per heavy atom. The second-order valence-corrected chi connectivity index (χ2v) is 4.48. The van der Waals surface area contributed by atoms with Crippen LogP contribution in [0.5, 0.6) is 0 Å². The minimum atomic E-state index is -1.30. The standard InChI is InChI=1S/C14H10ClF3O/c15-10-5-2-4-9(14(10)18)12(19)7-8-3-1-6-11(16)13(8)17/h1-6,12,19H,7H2. The lowest BCUT2D eigenvalue weighted by molar-refractivity contribution is 0.172. The lowest BCUT2D eigenvalue weighted by Gasteiger charge is -2.13. The summed E-state index contributed by atoms with van der Waals surface area (Å²) >= 11 is 5.60. The van der Waals surface area contributed by atoms with Crippen molar-refractivity contribution < 1.29 is 18.3 Å². The first kappa shape index (κ1) is 13.9. The Morgan fingerprint density at radius 3 is 2.42 bits per heavy atom. The molecule has 19 heavy (non-hydrogen) atoms. The van der Waals surface area contributed by atoms with Gasteiger partial charge in [-0.3, -0.25) is 0 Å². The molecular formula is C14H10ClF3O. The molecule has 0 spiro atoms. The SMILES string of the molecule is OC(Cc1cccc(F)c1F)c1cccc(Cl)c1F. The lowest BCUT2D eigenvalue weighted by atomic mass is 10.0. The molecule has 5 heteroatoms. The van der Waals surface area contributed by atoms with Crippen molar-refractivity contribution in [2.75, 3.05) is 0 Å². The third-order valence-corrected chi connectivity index (χ3v) is 3.08. The first-order valence-electron chi connectivity index (χ1n) is 5.55. The van der Waals surface area contributed by atoms with Crippen LogP contribution in [0.1, 0.15) is 17.2 Å². The van der Waals surface area contributed by atoms with Crippen LogP contribution in [0, 0.1) is 17.5 Å². The van der Waals surface area contributed by atoms with E-state index in [9.17, 15) is 18.3 Å². The zero-order valence-electron chi connectivity index (χ0n) is 9.71. The minimum absolute atomic E-state index is 0.0214. The van der Waals surface area contributed by atoms with Gasteiger partial charge in [0.05, 0.1) is 11.1 Å². The predicted octanol–water partition coefficient (Wildman–Crippen LogP) is 4.03. The van der Waals surface area contributed by atoms with E-state index < -0.39 is 23.6 Å². The molecule has 0 saturated heterocycles. The van der Waals surface area contributed by atoms with Gasteiger partial charge in [0.2, 0.25) is 0 Å². The van der Waals surface area contributed by atoms with E-state index in [1.165, 1.54) is 30.3 Å². The summed E-state index contributed by atoms with van der Waals surface area (Å²) in [5.41, 5.74) is -0.0666. The van der Waals surface area contributed by atoms with Gasteiger partial charge in [-0.25, -0.2) is 13.2 Å². The van der Waals surface area contributed by atoms with E-state index in [4.69, 9.17) is 11.6 Å². The molecular weight excluding hydrogens is 277 g/mol. The fraction of sp³-hybridized carbons (Fsp3) is 0.143. The van der Waals surface area contributed by atoms with Crippen LogP contribution in [0.15, 0.2) is 36.4 Å². The van der Waals surface area contributed by atoms with Crippen molar-refractivity contribution >= 4 is 11.6 Å². The van der Waals surface area contributed by atoms with Crippen molar-refractivity contribution in [2.45, 2.75) is 12.5 Å². The molecule has 0 aromatic heterocycles. The second kappa shape index (κ2) is 5.63. The molecule has 1 nitrogen and oxygen atoms in total. The van der Waals surface area contributed by atoms with E-state index in [1.54, 1.807) is 0 Å². The summed E-state index contributed by atoms with van der Waals surface area (Å²) in [5, 5.41) is 9.78. The van der Waals surface area contributed by atoms with Gasteiger partial charge in [0, 0.05) is 12.0 Å². The zero-order chi connectivity index (χ0) is 14.0. The Hall–Kier alpha value is -1.52. The maximum atomic E-state index is 13.7. The second-order valence-electron chi connectivity index (χ2n) is 4.08. The topological polar surface area (TPSA) is 20.2 Å². The largest absolute Gasteiger partial charge is 0.388 e. The Morgan fingerprint density at radius 1 is 1.00 bits per heavy atom. The monoisotopic (exact) mass is 286 g/mol. The van der Waals surface area contributed by atoms with Crippen LogP contribution in [-0.4, -0.2) is 5.11 Å². The maximum Gasteiger partial charge on any atom is 0.162 e. The predicted molar refractivity (Wildman–Crippen MR) is 66.4 cm³/mol. The molecule has 0 aliphatic rings. The third kappa shape index (κ3) is 2.91. The summed E-state index contributed by atoms with van der Waals surface area (Å²) in [4.78, 5) is 0. The van der Waals surface area contributed by atoms with Crippen molar-refractivity contribution in [3.63, 3.8) is 0 Å². The van der Waals surface area contributed by atoms with E-state index in [-0.39, 0.29) is 22.6 Å². The van der Waals surface area contributed by atoms with Crippen molar-refractivity contribution in [1.82, 2.24) is 0 Å². The van der Waals surface area contributed by atoms with Gasteiger partial charge in [0.25, 0.3) is 0 Å². The van der Waals surface area contributed by atoms with Crippen molar-refractivity contribution in [2.24, 2.45) is 0 Å². The van der Waals surface area contributed by atoms with Crippen LogP contribution in [0.4, 0.5) is 13.2 Å². The first-order chi connectivity index (χ1) is 9.00. The maximum absolute atomic E-state index is 13.7. The van der Waals surface area contributed by atoms with Gasteiger partial charge < -0.3 is 5.11 Å². The highest BCUT2D eigenvalue weighted by Crippen LogP contribution is 2.26. The van der Waals surface area contributed by atoms with Crippen LogP contribution in [0.3, 0.4) is 0 Å². The fourth-order valence-corrected chi connectivity index (χ4v) is 1.98. The Bertz CT molecular complexity index is 601. The molecule has 2 aromatic carbocycles. The number of halogens is 4. The average molecular weight is 287 g/mol. The molecule has 2 rings (SSSR count). The molecule has 0 bridgehead atoms. The minimum Gasteiger partial charge on any atom is -0.388 e. The quantitative estimate of drug-likeness (QED) is 0.903. The van der Waals surface area contributed by atoms with Crippen molar-refractivity contribution in [3.8, 4) is 0 Å². The highest BCUT2D eigenvalue weighted by molar-refractivity contribution is 6.30. The van der Waals surface area contributed by atoms with Gasteiger partial charge >= 0.3 is 0 Å². The lowest BCUT2D eigenvalue weighted by Crippen LogP contribution is -2.07. The summed E-state index contributed by atoms with van der Waals surface area (Å²) in [7, 11) is 0. The molecule has 2 aromatic rings. The van der Waals surface area contributed by atoms with Gasteiger partial charge in [-0.1, -0.05) is 35.9 Å². The first-order valence-corrected chi connectivity index (χ1v) is 5.93. The molecule has 0 aliphatic carbocycles. The van der Waals surface area contributed by atoms with Gasteiger partial charge in [-0.2, -0.15) is 0 Å². The van der Waals surface area contributed by atoms with Crippen molar-refractivity contribution in [1.29, 1.82) is 0 Å². The molecule has 0 heterocycles. The van der Waals surface area contributed by atoms with Crippen molar-refractivity contribution in [3.05, 3.63) is 70.0 Å². The molecule has 0 amide bonds. The highest BCUT2D eigenvalue weighted by Gasteiger charge is 2.18. The third-order valence-electron chi connectivity index (χ3n) is 2.79. The molecule has 0 fully saturated rings. The van der Waals surface area contributed by atoms with Gasteiger partial charge in [-0.05, 0) is 17.7 Å². The fourth-order valence-electron chi connectivity index (χ4n) is 1.80. The average Bonchev–Trinajstić information content (AvgIpc) is 2.38. The van der Waals surface area contributed by atoms with Crippen LogP contribution in [0.2, 0.25) is 5.02 Å². The van der Waals surface area contributed by atoms with Crippen LogP contribution < -0.4 is 0 Å². The zero-order valence-corrected chi connectivity index (χ0v) is 10.5. The molecule has 1 atom stereocenters. The summed E-state index contributed by atoms with van der Waals surface area (Å²) in [6.45, 7) is 0. The van der Waals surface area contributed by atoms with E-state index in [1.807, 2.05) is 0 Å². The number of benzene rings is 2. The van der Waals surface area contributed by atoms with Crippen LogP contribution in [0.25, 0.3) is 0 Å². The number of hydrogen-bond donors (Lipinski definition) is 1. The number of aliphatic hydroxyl groups is 1. The van der Waals surface area contributed by atoms with Gasteiger partial charge in [0.15, 0.2) is 11.6 Å². The normalized spacial score (nSPS) is 12.5. The van der Waals surface area contributed by atoms with Crippen LogP contribution >= 0.6 is 11.6 Å².